The van der Waals surface area contributed by atoms with Gasteiger partial charge in [0.15, 0.2) is 0 Å². The number of alkyl halides is 1. The molecule has 104 valence electrons. The maximum absolute atomic E-state index is 6.37. The Morgan fingerprint density at radius 2 is 2.11 bits per heavy atom. The van der Waals surface area contributed by atoms with E-state index in [1.54, 1.807) is 0 Å². The van der Waals surface area contributed by atoms with Gasteiger partial charge in [0, 0.05) is 31.0 Å². The highest BCUT2D eigenvalue weighted by Gasteiger charge is 2.17. The summed E-state index contributed by atoms with van der Waals surface area (Å²) in [6, 6.07) is 0. The lowest BCUT2D eigenvalue weighted by Gasteiger charge is -2.08. The summed E-state index contributed by atoms with van der Waals surface area (Å²) in [7, 11) is 1.93. The Morgan fingerprint density at radius 1 is 1.37 bits per heavy atom. The fourth-order valence-electron chi connectivity index (χ4n) is 2.42. The lowest BCUT2D eigenvalue weighted by molar-refractivity contribution is 0.593. The molecular formula is C14H21ClN4. The van der Waals surface area contributed by atoms with Crippen LogP contribution in [0.1, 0.15) is 41.2 Å². The van der Waals surface area contributed by atoms with Gasteiger partial charge in [0.1, 0.15) is 0 Å². The summed E-state index contributed by atoms with van der Waals surface area (Å²) in [4.78, 5) is 0. The van der Waals surface area contributed by atoms with Crippen LogP contribution in [-0.2, 0) is 20.0 Å². The summed E-state index contributed by atoms with van der Waals surface area (Å²) in [5, 5.41) is 8.85. The molecule has 1 unspecified atom stereocenters. The first-order valence-electron chi connectivity index (χ1n) is 6.68. The number of rotatable bonds is 5. The van der Waals surface area contributed by atoms with Crippen molar-refractivity contribution in [3.8, 4) is 0 Å². The Bertz CT molecular complexity index is 556. The standard InChI is InChI=1S/C14H21ClN4/c1-5-13(15)14-10(2)17-19(11(14)3)7-6-12-8-16-18(4)9-12/h8-9,13H,5-7H2,1-4H3. The van der Waals surface area contributed by atoms with Crippen LogP contribution in [0.4, 0.5) is 0 Å². The Labute approximate surface area is 119 Å². The van der Waals surface area contributed by atoms with Crippen molar-refractivity contribution in [2.45, 2.75) is 45.5 Å². The van der Waals surface area contributed by atoms with Gasteiger partial charge in [-0.1, -0.05) is 6.92 Å². The quantitative estimate of drug-likeness (QED) is 0.789. The van der Waals surface area contributed by atoms with E-state index in [9.17, 15) is 0 Å². The largest absolute Gasteiger partial charge is 0.276 e. The van der Waals surface area contributed by atoms with Gasteiger partial charge in [0.05, 0.1) is 17.3 Å². The molecule has 5 heteroatoms. The smallest absolute Gasteiger partial charge is 0.0643 e. The number of aromatic nitrogens is 4. The number of nitrogens with zero attached hydrogens (tertiary/aromatic N) is 4. The van der Waals surface area contributed by atoms with Crippen molar-refractivity contribution in [2.24, 2.45) is 7.05 Å². The molecule has 0 aliphatic carbocycles. The first-order chi connectivity index (χ1) is 9.02. The topological polar surface area (TPSA) is 35.6 Å². The first-order valence-corrected chi connectivity index (χ1v) is 7.12. The van der Waals surface area contributed by atoms with E-state index < -0.39 is 0 Å². The predicted molar refractivity (Wildman–Crippen MR) is 77.5 cm³/mol. The zero-order valence-electron chi connectivity index (χ0n) is 12.0. The Kier molecular flexibility index (Phi) is 4.30. The van der Waals surface area contributed by atoms with Crippen LogP contribution in [0.3, 0.4) is 0 Å². The average molecular weight is 281 g/mol. The van der Waals surface area contributed by atoms with E-state index in [0.29, 0.717) is 0 Å². The number of halogens is 1. The van der Waals surface area contributed by atoms with Crippen molar-refractivity contribution >= 4 is 11.6 Å². The van der Waals surface area contributed by atoms with Gasteiger partial charge < -0.3 is 0 Å². The van der Waals surface area contributed by atoms with Crippen LogP contribution < -0.4 is 0 Å². The van der Waals surface area contributed by atoms with Crippen LogP contribution >= 0.6 is 11.6 Å². The molecule has 0 aliphatic rings. The molecule has 2 aromatic rings. The highest BCUT2D eigenvalue weighted by atomic mass is 35.5. The molecule has 19 heavy (non-hydrogen) atoms. The van der Waals surface area contributed by atoms with E-state index in [4.69, 9.17) is 11.6 Å². The molecule has 0 bridgehead atoms. The van der Waals surface area contributed by atoms with Gasteiger partial charge in [-0.2, -0.15) is 10.2 Å². The van der Waals surface area contributed by atoms with Gasteiger partial charge >= 0.3 is 0 Å². The summed E-state index contributed by atoms with van der Waals surface area (Å²) in [5.41, 5.74) is 4.65. The summed E-state index contributed by atoms with van der Waals surface area (Å²) in [6.45, 7) is 7.10. The van der Waals surface area contributed by atoms with E-state index in [1.165, 1.54) is 16.8 Å². The van der Waals surface area contributed by atoms with Crippen molar-refractivity contribution in [1.29, 1.82) is 0 Å². The van der Waals surface area contributed by atoms with E-state index >= 15 is 0 Å². The molecule has 0 radical (unpaired) electrons. The third-order valence-corrected chi connectivity index (χ3v) is 4.01. The first kappa shape index (κ1) is 14.1. The van der Waals surface area contributed by atoms with Crippen LogP contribution in [0.15, 0.2) is 12.4 Å². The monoisotopic (exact) mass is 280 g/mol. The van der Waals surface area contributed by atoms with Crippen LogP contribution in [-0.4, -0.2) is 19.6 Å². The molecule has 2 aromatic heterocycles. The van der Waals surface area contributed by atoms with Crippen molar-refractivity contribution in [3.63, 3.8) is 0 Å². The number of hydrogen-bond donors (Lipinski definition) is 0. The number of aryl methyl sites for hydroxylation is 4. The van der Waals surface area contributed by atoms with Crippen LogP contribution in [0.2, 0.25) is 0 Å². The van der Waals surface area contributed by atoms with Crippen molar-refractivity contribution in [1.82, 2.24) is 19.6 Å². The molecule has 1 atom stereocenters. The van der Waals surface area contributed by atoms with Crippen LogP contribution in [0, 0.1) is 13.8 Å². The summed E-state index contributed by atoms with van der Waals surface area (Å²) >= 11 is 6.37. The third-order valence-electron chi connectivity index (χ3n) is 3.48. The van der Waals surface area contributed by atoms with E-state index in [2.05, 4.69) is 28.7 Å². The third kappa shape index (κ3) is 3.00. The minimum absolute atomic E-state index is 0.0622. The molecule has 0 N–H and O–H groups in total. The van der Waals surface area contributed by atoms with E-state index in [0.717, 1.165) is 25.1 Å². The molecule has 0 fully saturated rings. The lowest BCUT2D eigenvalue weighted by atomic mass is 10.1. The molecule has 0 aromatic carbocycles. The fraction of sp³-hybridized carbons (Fsp3) is 0.571. The molecule has 2 rings (SSSR count). The lowest BCUT2D eigenvalue weighted by Crippen LogP contribution is -2.05. The number of hydrogen-bond acceptors (Lipinski definition) is 2. The zero-order valence-corrected chi connectivity index (χ0v) is 12.8. The van der Waals surface area contributed by atoms with Gasteiger partial charge in [-0.3, -0.25) is 9.36 Å². The van der Waals surface area contributed by atoms with Gasteiger partial charge in [0.25, 0.3) is 0 Å². The van der Waals surface area contributed by atoms with Gasteiger partial charge in [-0.25, -0.2) is 0 Å². The molecule has 4 nitrogen and oxygen atoms in total. The Balaban J connectivity index is 2.13. The molecule has 0 spiro atoms. The van der Waals surface area contributed by atoms with E-state index in [-0.39, 0.29) is 5.38 Å². The summed E-state index contributed by atoms with van der Waals surface area (Å²) in [6.07, 6.45) is 5.82. The van der Waals surface area contributed by atoms with Gasteiger partial charge in [-0.15, -0.1) is 11.6 Å². The molecular weight excluding hydrogens is 260 g/mol. The highest BCUT2D eigenvalue weighted by molar-refractivity contribution is 6.20. The SMILES string of the molecule is CCC(Cl)c1c(C)nn(CCc2cnn(C)c2)c1C. The van der Waals surface area contributed by atoms with Gasteiger partial charge in [0.2, 0.25) is 0 Å². The van der Waals surface area contributed by atoms with Crippen LogP contribution in [0.25, 0.3) is 0 Å². The fourth-order valence-corrected chi connectivity index (χ4v) is 2.74. The second-order valence-corrected chi connectivity index (χ2v) is 5.48. The summed E-state index contributed by atoms with van der Waals surface area (Å²) < 4.78 is 3.89. The van der Waals surface area contributed by atoms with Crippen molar-refractivity contribution < 1.29 is 0 Å². The minimum atomic E-state index is 0.0622. The van der Waals surface area contributed by atoms with Crippen LogP contribution in [0.5, 0.6) is 0 Å². The predicted octanol–water partition coefficient (Wildman–Crippen LogP) is 3.17. The maximum Gasteiger partial charge on any atom is 0.0643 e. The molecule has 0 saturated carbocycles. The average Bonchev–Trinajstić information content (AvgIpc) is 2.90. The molecule has 0 aliphatic heterocycles. The summed E-state index contributed by atoms with van der Waals surface area (Å²) in [5.74, 6) is 0. The van der Waals surface area contributed by atoms with Crippen molar-refractivity contribution in [3.05, 3.63) is 34.9 Å². The second-order valence-electron chi connectivity index (χ2n) is 4.96. The minimum Gasteiger partial charge on any atom is -0.276 e. The molecule has 2 heterocycles. The molecule has 0 amide bonds. The van der Waals surface area contributed by atoms with Crippen molar-refractivity contribution in [2.75, 3.05) is 0 Å². The Hall–Kier alpha value is -1.29. The second kappa shape index (κ2) is 5.78. The molecule has 0 saturated heterocycles. The Morgan fingerprint density at radius 3 is 2.68 bits per heavy atom. The highest BCUT2D eigenvalue weighted by Crippen LogP contribution is 2.29. The maximum atomic E-state index is 6.37. The zero-order chi connectivity index (χ0) is 14.0. The van der Waals surface area contributed by atoms with Gasteiger partial charge in [-0.05, 0) is 32.3 Å². The van der Waals surface area contributed by atoms with E-state index in [1.807, 2.05) is 31.0 Å². The normalized spacial score (nSPS) is 12.9.